The smallest absolute Gasteiger partial charge is 0.338 e. The van der Waals surface area contributed by atoms with Crippen molar-refractivity contribution in [3.8, 4) is 0 Å². The van der Waals surface area contributed by atoms with Crippen molar-refractivity contribution in [3.05, 3.63) is 57.6 Å². The average Bonchev–Trinajstić information content (AvgIpc) is 2.55. The highest BCUT2D eigenvalue weighted by molar-refractivity contribution is 5.95. The van der Waals surface area contributed by atoms with Crippen LogP contribution in [0, 0.1) is 0 Å². The Morgan fingerprint density at radius 3 is 2.79 bits per heavy atom. The third kappa shape index (κ3) is 2.64. The van der Waals surface area contributed by atoms with Gasteiger partial charge < -0.3 is 19.8 Å². The number of para-hydroxylation sites is 1. The number of carbonyl (C=O) groups excluding carboxylic acids is 2. The van der Waals surface area contributed by atoms with Crippen LogP contribution in [0.1, 0.15) is 25.5 Å². The van der Waals surface area contributed by atoms with Crippen LogP contribution >= 0.6 is 0 Å². The summed E-state index contributed by atoms with van der Waals surface area (Å²) in [4.78, 5) is 36.8. The van der Waals surface area contributed by atoms with Gasteiger partial charge in [0.15, 0.2) is 5.43 Å². The Hall–Kier alpha value is -3.09. The van der Waals surface area contributed by atoms with Gasteiger partial charge in [-0.25, -0.2) is 9.59 Å². The van der Waals surface area contributed by atoms with Crippen molar-refractivity contribution >= 4 is 23.0 Å². The van der Waals surface area contributed by atoms with Crippen LogP contribution in [-0.2, 0) is 9.53 Å². The van der Waals surface area contributed by atoms with Crippen LogP contribution in [0.2, 0.25) is 0 Å². The SMILES string of the molecule is CCOC(=O)C1=C(C)NC(=O)NC1c1coc2ccccc2c1=O. The molecule has 7 heteroatoms. The topological polar surface area (TPSA) is 97.6 Å². The quantitative estimate of drug-likeness (QED) is 0.840. The third-order valence-corrected chi connectivity index (χ3v) is 3.78. The monoisotopic (exact) mass is 328 g/mol. The minimum absolute atomic E-state index is 0.172. The number of rotatable bonds is 3. The normalized spacial score (nSPS) is 17.4. The van der Waals surface area contributed by atoms with Gasteiger partial charge in [-0.2, -0.15) is 0 Å². The predicted octanol–water partition coefficient (Wildman–Crippen LogP) is 1.98. The van der Waals surface area contributed by atoms with Gasteiger partial charge in [0.25, 0.3) is 0 Å². The summed E-state index contributed by atoms with van der Waals surface area (Å²) in [6, 6.07) is 5.35. The standard InChI is InChI=1S/C17H16N2O5/c1-3-23-16(21)13-9(2)18-17(22)19-14(13)11-8-24-12-7-5-4-6-10(12)15(11)20/h4-8,14H,3H2,1-2H3,(H2,18,19,22). The first-order chi connectivity index (χ1) is 11.5. The Kier molecular flexibility index (Phi) is 4.07. The van der Waals surface area contributed by atoms with Crippen molar-refractivity contribution in [2.24, 2.45) is 0 Å². The minimum Gasteiger partial charge on any atom is -0.464 e. The van der Waals surface area contributed by atoms with Crippen LogP contribution in [0.5, 0.6) is 0 Å². The molecule has 0 fully saturated rings. The average molecular weight is 328 g/mol. The maximum absolute atomic E-state index is 12.8. The zero-order chi connectivity index (χ0) is 17.3. The summed E-state index contributed by atoms with van der Waals surface area (Å²) in [5.41, 5.74) is 0.822. The summed E-state index contributed by atoms with van der Waals surface area (Å²) in [7, 11) is 0. The lowest BCUT2D eigenvalue weighted by Gasteiger charge is -2.27. The summed E-state index contributed by atoms with van der Waals surface area (Å²) in [6.07, 6.45) is 1.27. The van der Waals surface area contributed by atoms with E-state index in [9.17, 15) is 14.4 Å². The van der Waals surface area contributed by atoms with E-state index in [4.69, 9.17) is 9.15 Å². The van der Waals surface area contributed by atoms with Crippen LogP contribution in [0.4, 0.5) is 4.79 Å². The van der Waals surface area contributed by atoms with E-state index >= 15 is 0 Å². The number of nitrogens with one attached hydrogen (secondary N) is 2. The molecule has 0 aliphatic carbocycles. The molecule has 0 saturated carbocycles. The van der Waals surface area contributed by atoms with Gasteiger partial charge in [-0.1, -0.05) is 12.1 Å². The first-order valence-corrected chi connectivity index (χ1v) is 7.48. The van der Waals surface area contributed by atoms with Crippen molar-refractivity contribution in [3.63, 3.8) is 0 Å². The lowest BCUT2D eigenvalue weighted by molar-refractivity contribution is -0.139. The van der Waals surface area contributed by atoms with Gasteiger partial charge in [-0.05, 0) is 26.0 Å². The van der Waals surface area contributed by atoms with Gasteiger partial charge in [0.1, 0.15) is 11.8 Å². The number of hydrogen-bond donors (Lipinski definition) is 2. The van der Waals surface area contributed by atoms with E-state index in [2.05, 4.69) is 10.6 Å². The van der Waals surface area contributed by atoms with Crippen molar-refractivity contribution in [1.29, 1.82) is 0 Å². The molecular weight excluding hydrogens is 312 g/mol. The highest BCUT2D eigenvalue weighted by Crippen LogP contribution is 2.27. The number of hydrogen-bond acceptors (Lipinski definition) is 5. The molecule has 2 heterocycles. The molecule has 124 valence electrons. The van der Waals surface area contributed by atoms with Crippen LogP contribution in [0.15, 0.2) is 51.0 Å². The fraction of sp³-hybridized carbons (Fsp3) is 0.235. The first-order valence-electron chi connectivity index (χ1n) is 7.48. The van der Waals surface area contributed by atoms with Gasteiger partial charge in [0.2, 0.25) is 0 Å². The highest BCUT2D eigenvalue weighted by atomic mass is 16.5. The molecule has 24 heavy (non-hydrogen) atoms. The van der Waals surface area contributed by atoms with E-state index in [1.54, 1.807) is 38.1 Å². The van der Waals surface area contributed by atoms with Crippen molar-refractivity contribution in [2.45, 2.75) is 19.9 Å². The summed E-state index contributed by atoms with van der Waals surface area (Å²) >= 11 is 0. The number of benzene rings is 1. The molecule has 7 nitrogen and oxygen atoms in total. The van der Waals surface area contributed by atoms with Crippen LogP contribution < -0.4 is 16.1 Å². The third-order valence-electron chi connectivity index (χ3n) is 3.78. The van der Waals surface area contributed by atoms with E-state index in [0.717, 1.165) is 0 Å². The van der Waals surface area contributed by atoms with E-state index in [1.165, 1.54) is 6.26 Å². The molecule has 1 aromatic heterocycles. The maximum Gasteiger partial charge on any atom is 0.338 e. The molecule has 1 atom stereocenters. The van der Waals surface area contributed by atoms with Gasteiger partial charge in [-0.3, -0.25) is 4.79 Å². The molecule has 1 unspecified atom stereocenters. The van der Waals surface area contributed by atoms with Crippen LogP contribution in [0.3, 0.4) is 0 Å². The molecule has 1 aliphatic heterocycles. The second kappa shape index (κ2) is 6.19. The molecule has 3 rings (SSSR count). The Labute approximate surface area is 137 Å². The lowest BCUT2D eigenvalue weighted by Crippen LogP contribution is -2.46. The molecular formula is C17H16N2O5. The number of urea groups is 1. The van der Waals surface area contributed by atoms with E-state index in [-0.39, 0.29) is 23.2 Å². The molecule has 1 aliphatic rings. The molecule has 0 bridgehead atoms. The minimum atomic E-state index is -0.932. The number of carbonyl (C=O) groups is 2. The summed E-state index contributed by atoms with van der Waals surface area (Å²) in [5, 5.41) is 5.49. The maximum atomic E-state index is 12.8. The van der Waals surface area contributed by atoms with Gasteiger partial charge in [-0.15, -0.1) is 0 Å². The van der Waals surface area contributed by atoms with Crippen molar-refractivity contribution in [2.75, 3.05) is 6.61 Å². The molecule has 2 amide bonds. The zero-order valence-corrected chi connectivity index (χ0v) is 13.2. The first kappa shape index (κ1) is 15.8. The van der Waals surface area contributed by atoms with Crippen LogP contribution in [-0.4, -0.2) is 18.6 Å². The molecule has 2 aromatic rings. The number of esters is 1. The lowest BCUT2D eigenvalue weighted by atomic mass is 9.96. The number of allylic oxidation sites excluding steroid dienone is 1. The van der Waals surface area contributed by atoms with Crippen molar-refractivity contribution in [1.82, 2.24) is 10.6 Å². The molecule has 2 N–H and O–H groups in total. The fourth-order valence-corrected chi connectivity index (χ4v) is 2.70. The summed E-state index contributed by atoms with van der Waals surface area (Å²) in [6.45, 7) is 3.45. The largest absolute Gasteiger partial charge is 0.464 e. The number of amides is 2. The zero-order valence-electron chi connectivity index (χ0n) is 13.2. The predicted molar refractivity (Wildman–Crippen MR) is 86.2 cm³/mol. The second-order valence-electron chi connectivity index (χ2n) is 5.31. The Morgan fingerprint density at radius 1 is 1.29 bits per heavy atom. The van der Waals surface area contributed by atoms with Crippen molar-refractivity contribution < 1.29 is 18.7 Å². The molecule has 1 aromatic carbocycles. The Morgan fingerprint density at radius 2 is 2.04 bits per heavy atom. The number of ether oxygens (including phenoxy) is 1. The van der Waals surface area contributed by atoms with E-state index < -0.39 is 18.0 Å². The highest BCUT2D eigenvalue weighted by Gasteiger charge is 2.34. The summed E-state index contributed by atoms with van der Waals surface area (Å²) < 4.78 is 10.5. The molecule has 0 radical (unpaired) electrons. The molecule has 0 saturated heterocycles. The van der Waals surface area contributed by atoms with Crippen LogP contribution in [0.25, 0.3) is 11.0 Å². The summed E-state index contributed by atoms with van der Waals surface area (Å²) in [5.74, 6) is -0.597. The van der Waals surface area contributed by atoms with Gasteiger partial charge in [0, 0.05) is 5.70 Å². The number of fused-ring (bicyclic) bond motifs is 1. The van der Waals surface area contributed by atoms with E-state index in [1.807, 2.05) is 0 Å². The van der Waals surface area contributed by atoms with Gasteiger partial charge in [0.05, 0.1) is 29.2 Å². The second-order valence-corrected chi connectivity index (χ2v) is 5.31. The van der Waals surface area contributed by atoms with Gasteiger partial charge >= 0.3 is 12.0 Å². The Bertz CT molecular complexity index is 913. The Balaban J connectivity index is 2.17. The van der Waals surface area contributed by atoms with E-state index in [0.29, 0.717) is 16.7 Å². The molecule has 0 spiro atoms. The fourth-order valence-electron chi connectivity index (χ4n) is 2.70.